The second-order valence-electron chi connectivity index (χ2n) is 4.64. The van der Waals surface area contributed by atoms with E-state index in [9.17, 15) is 10.1 Å². The van der Waals surface area contributed by atoms with Crippen LogP contribution in [0, 0.1) is 11.3 Å². The lowest BCUT2D eigenvalue weighted by Crippen LogP contribution is -2.13. The van der Waals surface area contributed by atoms with Gasteiger partial charge in [-0.2, -0.15) is 5.26 Å². The molecule has 0 fully saturated rings. The summed E-state index contributed by atoms with van der Waals surface area (Å²) in [5, 5.41) is 12.4. The van der Waals surface area contributed by atoms with E-state index in [1.807, 2.05) is 13.0 Å². The van der Waals surface area contributed by atoms with Crippen molar-refractivity contribution < 1.29 is 9.53 Å². The fourth-order valence-corrected chi connectivity index (χ4v) is 2.14. The van der Waals surface area contributed by atoms with Gasteiger partial charge in [0, 0.05) is 16.8 Å². The van der Waals surface area contributed by atoms with Gasteiger partial charge in [-0.25, -0.2) is 0 Å². The Morgan fingerprint density at radius 2 is 2.09 bits per heavy atom. The summed E-state index contributed by atoms with van der Waals surface area (Å²) in [6.45, 7) is 2.42. The predicted molar refractivity (Wildman–Crippen MR) is 91.3 cm³/mol. The van der Waals surface area contributed by atoms with Crippen molar-refractivity contribution in [2.24, 2.45) is 0 Å². The topological polar surface area (TPSA) is 62.1 Å². The van der Waals surface area contributed by atoms with Crippen molar-refractivity contribution in [3.05, 3.63) is 64.7 Å². The molecule has 2 aromatic carbocycles. The van der Waals surface area contributed by atoms with Gasteiger partial charge in [0.05, 0.1) is 6.61 Å². The number of benzene rings is 2. The quantitative estimate of drug-likeness (QED) is 0.658. The monoisotopic (exact) mass is 326 g/mol. The fourth-order valence-electron chi connectivity index (χ4n) is 1.94. The zero-order valence-corrected chi connectivity index (χ0v) is 13.3. The highest BCUT2D eigenvalue weighted by molar-refractivity contribution is 6.30. The standard InChI is InChI=1S/C18H15ClN2O2/c1-2-23-17-8-4-7-16(11-17)21-18(22)14(12-20)9-13-5-3-6-15(19)10-13/h3-11H,2H2,1H3,(H,21,22)/b14-9-. The maximum Gasteiger partial charge on any atom is 0.266 e. The Hall–Kier alpha value is -2.77. The number of nitrogens with zero attached hydrogens (tertiary/aromatic N) is 1. The molecule has 0 aliphatic rings. The molecular formula is C18H15ClN2O2. The number of amides is 1. The van der Waals surface area contributed by atoms with Gasteiger partial charge in [0.25, 0.3) is 5.91 Å². The average Bonchev–Trinajstić information content (AvgIpc) is 2.53. The summed E-state index contributed by atoms with van der Waals surface area (Å²) in [5.41, 5.74) is 1.24. The molecule has 0 saturated heterocycles. The summed E-state index contributed by atoms with van der Waals surface area (Å²) in [5.74, 6) is 0.170. The number of hydrogen-bond acceptors (Lipinski definition) is 3. The van der Waals surface area contributed by atoms with Crippen LogP contribution in [0.1, 0.15) is 12.5 Å². The first-order chi connectivity index (χ1) is 11.1. The fraction of sp³-hybridized carbons (Fsp3) is 0.111. The first-order valence-electron chi connectivity index (χ1n) is 7.04. The van der Waals surface area contributed by atoms with Crippen LogP contribution < -0.4 is 10.1 Å². The van der Waals surface area contributed by atoms with Gasteiger partial charge in [-0.05, 0) is 42.8 Å². The molecule has 4 nitrogen and oxygen atoms in total. The van der Waals surface area contributed by atoms with Crippen LogP contribution in [0.3, 0.4) is 0 Å². The van der Waals surface area contributed by atoms with Gasteiger partial charge in [-0.3, -0.25) is 4.79 Å². The van der Waals surface area contributed by atoms with Gasteiger partial charge < -0.3 is 10.1 Å². The highest BCUT2D eigenvalue weighted by atomic mass is 35.5. The van der Waals surface area contributed by atoms with E-state index in [0.29, 0.717) is 28.6 Å². The normalized spacial score (nSPS) is 10.7. The van der Waals surface area contributed by atoms with Crippen molar-refractivity contribution in [3.63, 3.8) is 0 Å². The van der Waals surface area contributed by atoms with E-state index in [1.165, 1.54) is 6.08 Å². The molecule has 0 heterocycles. The molecule has 0 aromatic heterocycles. The molecule has 0 aliphatic carbocycles. The molecule has 116 valence electrons. The summed E-state index contributed by atoms with van der Waals surface area (Å²) in [7, 11) is 0. The lowest BCUT2D eigenvalue weighted by Gasteiger charge is -2.07. The number of halogens is 1. The van der Waals surface area contributed by atoms with Crippen molar-refractivity contribution in [1.29, 1.82) is 5.26 Å². The summed E-state index contributed by atoms with van der Waals surface area (Å²) in [6, 6.07) is 15.8. The number of rotatable bonds is 5. The molecule has 0 saturated carbocycles. The van der Waals surface area contributed by atoms with Gasteiger partial charge in [0.2, 0.25) is 0 Å². The molecule has 0 atom stereocenters. The Kier molecular flexibility index (Phi) is 5.79. The van der Waals surface area contributed by atoms with Crippen LogP contribution in [0.25, 0.3) is 6.08 Å². The molecule has 5 heteroatoms. The van der Waals surface area contributed by atoms with Crippen LogP contribution in [0.5, 0.6) is 5.75 Å². The minimum absolute atomic E-state index is 0.00548. The summed E-state index contributed by atoms with van der Waals surface area (Å²) >= 11 is 5.90. The van der Waals surface area contributed by atoms with E-state index in [4.69, 9.17) is 16.3 Å². The Balaban J connectivity index is 2.18. The van der Waals surface area contributed by atoms with Gasteiger partial charge in [0.1, 0.15) is 17.4 Å². The Bertz CT molecular complexity index is 779. The van der Waals surface area contributed by atoms with E-state index in [2.05, 4.69) is 5.32 Å². The molecule has 2 aromatic rings. The first kappa shape index (κ1) is 16.6. The molecule has 0 spiro atoms. The predicted octanol–water partition coefficient (Wildman–Crippen LogP) is 4.28. The molecule has 1 amide bonds. The van der Waals surface area contributed by atoms with Gasteiger partial charge >= 0.3 is 0 Å². The molecule has 0 radical (unpaired) electrons. The van der Waals surface area contributed by atoms with E-state index in [1.54, 1.807) is 48.5 Å². The van der Waals surface area contributed by atoms with Crippen LogP contribution in [-0.4, -0.2) is 12.5 Å². The zero-order valence-electron chi connectivity index (χ0n) is 12.5. The van der Waals surface area contributed by atoms with Gasteiger partial charge in [-0.1, -0.05) is 29.8 Å². The van der Waals surface area contributed by atoms with Crippen molar-refractivity contribution in [2.75, 3.05) is 11.9 Å². The smallest absolute Gasteiger partial charge is 0.266 e. The highest BCUT2D eigenvalue weighted by Crippen LogP contribution is 2.19. The van der Waals surface area contributed by atoms with Crippen LogP contribution >= 0.6 is 11.6 Å². The van der Waals surface area contributed by atoms with Crippen molar-refractivity contribution >= 4 is 29.3 Å². The van der Waals surface area contributed by atoms with E-state index in [-0.39, 0.29) is 5.57 Å². The van der Waals surface area contributed by atoms with Crippen LogP contribution in [0.2, 0.25) is 5.02 Å². The second kappa shape index (κ2) is 8.02. The van der Waals surface area contributed by atoms with Crippen LogP contribution in [0.4, 0.5) is 5.69 Å². The largest absolute Gasteiger partial charge is 0.494 e. The van der Waals surface area contributed by atoms with Crippen molar-refractivity contribution in [1.82, 2.24) is 0 Å². The first-order valence-corrected chi connectivity index (χ1v) is 7.41. The van der Waals surface area contributed by atoms with Gasteiger partial charge in [0.15, 0.2) is 0 Å². The molecular weight excluding hydrogens is 312 g/mol. The summed E-state index contributed by atoms with van der Waals surface area (Å²) < 4.78 is 5.38. The van der Waals surface area contributed by atoms with Crippen LogP contribution in [-0.2, 0) is 4.79 Å². The van der Waals surface area contributed by atoms with Crippen molar-refractivity contribution in [3.8, 4) is 11.8 Å². The third-order valence-corrected chi connectivity index (χ3v) is 3.16. The Labute approximate surface area is 140 Å². The number of anilines is 1. The summed E-state index contributed by atoms with van der Waals surface area (Å²) in [4.78, 5) is 12.2. The highest BCUT2D eigenvalue weighted by Gasteiger charge is 2.10. The maximum atomic E-state index is 12.2. The van der Waals surface area contributed by atoms with Gasteiger partial charge in [-0.15, -0.1) is 0 Å². The van der Waals surface area contributed by atoms with E-state index >= 15 is 0 Å². The Morgan fingerprint density at radius 3 is 2.78 bits per heavy atom. The molecule has 0 bridgehead atoms. The third-order valence-electron chi connectivity index (χ3n) is 2.93. The number of carbonyl (C=O) groups excluding carboxylic acids is 1. The van der Waals surface area contributed by atoms with Crippen molar-refractivity contribution in [2.45, 2.75) is 6.92 Å². The third kappa shape index (κ3) is 4.87. The molecule has 2 rings (SSSR count). The summed E-state index contributed by atoms with van der Waals surface area (Å²) in [6.07, 6.45) is 1.49. The maximum absolute atomic E-state index is 12.2. The second-order valence-corrected chi connectivity index (χ2v) is 5.08. The van der Waals surface area contributed by atoms with Crippen LogP contribution in [0.15, 0.2) is 54.1 Å². The lowest BCUT2D eigenvalue weighted by molar-refractivity contribution is -0.112. The SMILES string of the molecule is CCOc1cccc(NC(=O)/C(C#N)=C\c2cccc(Cl)c2)c1. The number of carbonyl (C=O) groups is 1. The number of hydrogen-bond donors (Lipinski definition) is 1. The minimum Gasteiger partial charge on any atom is -0.494 e. The number of ether oxygens (including phenoxy) is 1. The minimum atomic E-state index is -0.485. The Morgan fingerprint density at radius 1 is 1.30 bits per heavy atom. The molecule has 1 N–H and O–H groups in total. The number of nitrogens with one attached hydrogen (secondary N) is 1. The molecule has 0 unspecified atom stereocenters. The number of nitriles is 1. The molecule has 0 aliphatic heterocycles. The van der Waals surface area contributed by atoms with E-state index in [0.717, 1.165) is 0 Å². The van der Waals surface area contributed by atoms with E-state index < -0.39 is 5.91 Å². The zero-order chi connectivity index (χ0) is 16.7. The molecule has 23 heavy (non-hydrogen) atoms. The lowest BCUT2D eigenvalue weighted by atomic mass is 10.1. The average molecular weight is 327 g/mol.